The lowest BCUT2D eigenvalue weighted by Gasteiger charge is -2.06. The van der Waals surface area contributed by atoms with Crippen molar-refractivity contribution in [2.75, 3.05) is 17.6 Å². The van der Waals surface area contributed by atoms with Crippen molar-refractivity contribution in [2.24, 2.45) is 5.73 Å². The highest BCUT2D eigenvalue weighted by Gasteiger charge is 2.09. The standard InChI is InChI=1S/C9H12N4O3/c10-6-4-13-8(3-5(6)9(15)16)12-2-1-7(11)14/h3-4H,1-2,10H2,(H2,11,14)(H,12,13)(H,15,16). The van der Waals surface area contributed by atoms with Crippen LogP contribution in [-0.4, -0.2) is 28.5 Å². The van der Waals surface area contributed by atoms with Gasteiger partial charge in [0.2, 0.25) is 5.91 Å². The van der Waals surface area contributed by atoms with Crippen LogP contribution < -0.4 is 16.8 Å². The molecule has 7 heteroatoms. The molecule has 7 nitrogen and oxygen atoms in total. The third kappa shape index (κ3) is 3.12. The molecule has 0 bridgehead atoms. The molecule has 0 saturated heterocycles. The predicted octanol–water partition coefficient (Wildman–Crippen LogP) is -0.351. The van der Waals surface area contributed by atoms with Crippen molar-refractivity contribution in [2.45, 2.75) is 6.42 Å². The van der Waals surface area contributed by atoms with E-state index in [4.69, 9.17) is 16.6 Å². The average molecular weight is 224 g/mol. The number of nitrogens with one attached hydrogen (secondary N) is 1. The van der Waals surface area contributed by atoms with Crippen LogP contribution in [0.4, 0.5) is 11.5 Å². The molecule has 1 rings (SSSR count). The first-order chi connectivity index (χ1) is 7.50. The molecule has 1 aromatic rings. The van der Waals surface area contributed by atoms with Gasteiger partial charge >= 0.3 is 5.97 Å². The maximum absolute atomic E-state index is 10.7. The quantitative estimate of drug-likeness (QED) is 0.540. The molecular weight excluding hydrogens is 212 g/mol. The highest BCUT2D eigenvalue weighted by Crippen LogP contribution is 2.14. The van der Waals surface area contributed by atoms with Crippen molar-refractivity contribution in [3.63, 3.8) is 0 Å². The summed E-state index contributed by atoms with van der Waals surface area (Å²) in [7, 11) is 0. The van der Waals surface area contributed by atoms with E-state index in [0.717, 1.165) is 0 Å². The van der Waals surface area contributed by atoms with E-state index in [-0.39, 0.29) is 17.7 Å². The lowest BCUT2D eigenvalue weighted by atomic mass is 10.2. The van der Waals surface area contributed by atoms with Crippen LogP contribution in [0.5, 0.6) is 0 Å². The highest BCUT2D eigenvalue weighted by atomic mass is 16.4. The normalized spacial score (nSPS) is 9.75. The fourth-order valence-electron chi connectivity index (χ4n) is 1.06. The van der Waals surface area contributed by atoms with Gasteiger partial charge in [0.25, 0.3) is 0 Å². The van der Waals surface area contributed by atoms with E-state index in [0.29, 0.717) is 12.4 Å². The maximum Gasteiger partial charge on any atom is 0.337 e. The number of carbonyl (C=O) groups is 2. The smallest absolute Gasteiger partial charge is 0.337 e. The Bertz CT molecular complexity index is 419. The van der Waals surface area contributed by atoms with E-state index in [9.17, 15) is 9.59 Å². The number of anilines is 2. The van der Waals surface area contributed by atoms with Crippen molar-refractivity contribution in [3.05, 3.63) is 17.8 Å². The number of nitrogens with two attached hydrogens (primary N) is 2. The van der Waals surface area contributed by atoms with Gasteiger partial charge in [-0.1, -0.05) is 0 Å². The van der Waals surface area contributed by atoms with Gasteiger partial charge in [-0.05, 0) is 6.07 Å². The van der Waals surface area contributed by atoms with Crippen molar-refractivity contribution in [1.82, 2.24) is 4.98 Å². The maximum atomic E-state index is 10.7. The molecule has 16 heavy (non-hydrogen) atoms. The van der Waals surface area contributed by atoms with E-state index in [2.05, 4.69) is 10.3 Å². The number of hydrogen-bond acceptors (Lipinski definition) is 5. The molecule has 0 aliphatic rings. The number of nitrogen functional groups attached to an aromatic ring is 1. The summed E-state index contributed by atoms with van der Waals surface area (Å²) in [5.74, 6) is -1.23. The van der Waals surface area contributed by atoms with E-state index in [1.807, 2.05) is 0 Å². The number of carboxylic acid groups (broad SMARTS) is 1. The predicted molar refractivity (Wildman–Crippen MR) is 57.9 cm³/mol. The Balaban J connectivity index is 2.71. The molecule has 0 radical (unpaired) electrons. The summed E-state index contributed by atoms with van der Waals surface area (Å²) in [6.45, 7) is 0.297. The van der Waals surface area contributed by atoms with Gasteiger partial charge in [-0.15, -0.1) is 0 Å². The zero-order valence-electron chi connectivity index (χ0n) is 8.43. The van der Waals surface area contributed by atoms with Gasteiger partial charge in [0, 0.05) is 13.0 Å². The monoisotopic (exact) mass is 224 g/mol. The van der Waals surface area contributed by atoms with Crippen LogP contribution in [0.15, 0.2) is 12.3 Å². The molecule has 0 saturated carbocycles. The Kier molecular flexibility index (Phi) is 3.65. The Morgan fingerprint density at radius 2 is 2.19 bits per heavy atom. The van der Waals surface area contributed by atoms with Gasteiger partial charge in [-0.3, -0.25) is 4.79 Å². The van der Waals surface area contributed by atoms with Gasteiger partial charge in [0.15, 0.2) is 0 Å². The van der Waals surface area contributed by atoms with Crippen LogP contribution in [0.25, 0.3) is 0 Å². The largest absolute Gasteiger partial charge is 0.478 e. The van der Waals surface area contributed by atoms with Crippen molar-refractivity contribution in [3.8, 4) is 0 Å². The number of aromatic nitrogens is 1. The second kappa shape index (κ2) is 4.96. The number of primary amides is 1. The summed E-state index contributed by atoms with van der Waals surface area (Å²) >= 11 is 0. The number of aromatic carboxylic acids is 1. The molecule has 86 valence electrons. The molecule has 0 aromatic carbocycles. The third-order valence-electron chi connectivity index (χ3n) is 1.84. The van der Waals surface area contributed by atoms with Gasteiger partial charge in [-0.2, -0.15) is 0 Å². The van der Waals surface area contributed by atoms with Crippen molar-refractivity contribution >= 4 is 23.4 Å². The first-order valence-corrected chi connectivity index (χ1v) is 4.51. The summed E-state index contributed by atoms with van der Waals surface area (Å²) in [4.78, 5) is 25.1. The minimum atomic E-state index is -1.13. The molecule has 1 heterocycles. The Hall–Kier alpha value is -2.31. The highest BCUT2D eigenvalue weighted by molar-refractivity contribution is 5.94. The van der Waals surface area contributed by atoms with Crippen LogP contribution in [-0.2, 0) is 4.79 Å². The van der Waals surface area contributed by atoms with Gasteiger partial charge in [-0.25, -0.2) is 9.78 Å². The molecule has 6 N–H and O–H groups in total. The summed E-state index contributed by atoms with van der Waals surface area (Å²) in [5.41, 5.74) is 10.4. The lowest BCUT2D eigenvalue weighted by Crippen LogP contribution is -2.16. The van der Waals surface area contributed by atoms with Crippen LogP contribution >= 0.6 is 0 Å². The zero-order chi connectivity index (χ0) is 12.1. The molecule has 0 spiro atoms. The lowest BCUT2D eigenvalue weighted by molar-refractivity contribution is -0.117. The summed E-state index contributed by atoms with van der Waals surface area (Å²) in [6, 6.07) is 1.30. The number of pyridine rings is 1. The molecule has 0 atom stereocenters. The molecule has 1 amide bonds. The first kappa shape index (κ1) is 11.8. The SMILES string of the molecule is NC(=O)CCNc1cc(C(=O)O)c(N)cn1. The number of rotatable bonds is 5. The van der Waals surface area contributed by atoms with Gasteiger partial charge in [0.05, 0.1) is 17.4 Å². The molecule has 1 aromatic heterocycles. The van der Waals surface area contributed by atoms with Crippen LogP contribution in [0.3, 0.4) is 0 Å². The Labute approximate surface area is 91.5 Å². The Morgan fingerprint density at radius 1 is 1.50 bits per heavy atom. The fraction of sp³-hybridized carbons (Fsp3) is 0.222. The van der Waals surface area contributed by atoms with Crippen LogP contribution in [0, 0.1) is 0 Å². The van der Waals surface area contributed by atoms with E-state index in [1.165, 1.54) is 12.3 Å². The summed E-state index contributed by atoms with van der Waals surface area (Å²) < 4.78 is 0. The van der Waals surface area contributed by atoms with E-state index >= 15 is 0 Å². The number of hydrogen-bond donors (Lipinski definition) is 4. The number of carboxylic acids is 1. The number of nitrogens with zero attached hydrogens (tertiary/aromatic N) is 1. The second-order valence-electron chi connectivity index (χ2n) is 3.11. The molecule has 0 unspecified atom stereocenters. The van der Waals surface area contributed by atoms with Crippen molar-refractivity contribution < 1.29 is 14.7 Å². The molecular formula is C9H12N4O3. The second-order valence-corrected chi connectivity index (χ2v) is 3.11. The first-order valence-electron chi connectivity index (χ1n) is 4.51. The van der Waals surface area contributed by atoms with Gasteiger partial charge in [0.1, 0.15) is 5.82 Å². The fourth-order valence-corrected chi connectivity index (χ4v) is 1.06. The molecule has 0 fully saturated rings. The van der Waals surface area contributed by atoms with E-state index < -0.39 is 11.9 Å². The molecule has 0 aliphatic heterocycles. The summed E-state index contributed by atoms with van der Waals surface area (Å²) in [6.07, 6.45) is 1.39. The van der Waals surface area contributed by atoms with Crippen molar-refractivity contribution in [1.29, 1.82) is 0 Å². The zero-order valence-corrected chi connectivity index (χ0v) is 8.43. The minimum absolute atomic E-state index is 0.0309. The third-order valence-corrected chi connectivity index (χ3v) is 1.84. The minimum Gasteiger partial charge on any atom is -0.478 e. The van der Waals surface area contributed by atoms with E-state index in [1.54, 1.807) is 0 Å². The topological polar surface area (TPSA) is 131 Å². The Morgan fingerprint density at radius 3 is 2.75 bits per heavy atom. The average Bonchev–Trinajstić information content (AvgIpc) is 2.19. The van der Waals surface area contributed by atoms with Crippen LogP contribution in [0.2, 0.25) is 0 Å². The van der Waals surface area contributed by atoms with Crippen LogP contribution in [0.1, 0.15) is 16.8 Å². The number of carbonyl (C=O) groups excluding carboxylic acids is 1. The molecule has 0 aliphatic carbocycles. The summed E-state index contributed by atoms with van der Waals surface area (Å²) in [5, 5.41) is 11.6. The van der Waals surface area contributed by atoms with Gasteiger partial charge < -0.3 is 21.9 Å². The number of amides is 1.